The van der Waals surface area contributed by atoms with E-state index in [1.807, 2.05) is 37.3 Å². The molecule has 0 spiro atoms. The van der Waals surface area contributed by atoms with E-state index < -0.39 is 28.1 Å². The lowest BCUT2D eigenvalue weighted by atomic mass is 9.87. The first kappa shape index (κ1) is 18.4. The quantitative estimate of drug-likeness (QED) is 0.758. The molecule has 6 heteroatoms. The van der Waals surface area contributed by atoms with Crippen LogP contribution in [-0.4, -0.2) is 37.9 Å². The number of ether oxygens (including phenoxy) is 1. The molecule has 0 aromatic heterocycles. The van der Waals surface area contributed by atoms with Gasteiger partial charge in [0.05, 0.1) is 18.0 Å². The Morgan fingerprint density at radius 1 is 1.08 bits per heavy atom. The van der Waals surface area contributed by atoms with Crippen molar-refractivity contribution in [2.24, 2.45) is 0 Å². The van der Waals surface area contributed by atoms with Gasteiger partial charge in [-0.3, -0.25) is 4.79 Å². The van der Waals surface area contributed by atoms with Crippen LogP contribution < -0.4 is 0 Å². The van der Waals surface area contributed by atoms with Crippen LogP contribution in [0.3, 0.4) is 0 Å². The maximum atomic E-state index is 13.2. The molecule has 26 heavy (non-hydrogen) atoms. The molecule has 1 aliphatic rings. The van der Waals surface area contributed by atoms with Crippen molar-refractivity contribution in [2.45, 2.75) is 30.3 Å². The van der Waals surface area contributed by atoms with E-state index in [2.05, 4.69) is 6.58 Å². The Morgan fingerprint density at radius 2 is 1.69 bits per heavy atom. The molecule has 2 aromatic rings. The zero-order valence-corrected chi connectivity index (χ0v) is 15.6. The molecule has 136 valence electrons. The molecule has 0 radical (unpaired) electrons. The van der Waals surface area contributed by atoms with Crippen LogP contribution >= 0.6 is 0 Å². The van der Waals surface area contributed by atoms with Crippen molar-refractivity contribution in [2.75, 3.05) is 7.11 Å². The topological polar surface area (TPSA) is 63.7 Å². The number of sulfonamides is 1. The maximum absolute atomic E-state index is 13.2. The van der Waals surface area contributed by atoms with Gasteiger partial charge in [0.2, 0.25) is 10.0 Å². The molecule has 5 nitrogen and oxygen atoms in total. The Bertz CT molecular complexity index is 920. The Hall–Kier alpha value is -2.44. The minimum atomic E-state index is -3.85. The summed E-state index contributed by atoms with van der Waals surface area (Å²) in [5, 5.41) is 0. The number of rotatable bonds is 5. The fourth-order valence-corrected chi connectivity index (χ4v) is 4.92. The second-order valence-corrected chi connectivity index (χ2v) is 8.17. The van der Waals surface area contributed by atoms with Crippen LogP contribution in [0, 0.1) is 6.92 Å². The van der Waals surface area contributed by atoms with Crippen LogP contribution in [0.4, 0.5) is 0 Å². The van der Waals surface area contributed by atoms with E-state index in [-0.39, 0.29) is 4.90 Å². The molecule has 2 aromatic carbocycles. The smallest absolute Gasteiger partial charge is 0.324 e. The fourth-order valence-electron chi connectivity index (χ4n) is 3.14. The van der Waals surface area contributed by atoms with Crippen molar-refractivity contribution >= 4 is 21.6 Å². The van der Waals surface area contributed by atoms with Crippen LogP contribution in [0.15, 0.2) is 66.1 Å². The summed E-state index contributed by atoms with van der Waals surface area (Å²) in [5.41, 5.74) is 2.48. The molecule has 1 heterocycles. The lowest BCUT2D eigenvalue weighted by molar-refractivity contribution is -0.149. The largest absolute Gasteiger partial charge is 0.468 e. The van der Waals surface area contributed by atoms with E-state index in [4.69, 9.17) is 4.74 Å². The SMILES string of the molecule is C=C(c1ccccc1)[C@@H]1C[C@H](C(=O)OC)N1S(=O)(=O)c1ccc(C)cc1. The summed E-state index contributed by atoms with van der Waals surface area (Å²) in [6.07, 6.45) is 0.353. The summed E-state index contributed by atoms with van der Waals surface area (Å²) in [7, 11) is -2.59. The molecular weight excluding hydrogens is 350 g/mol. The highest BCUT2D eigenvalue weighted by molar-refractivity contribution is 7.89. The van der Waals surface area contributed by atoms with Gasteiger partial charge >= 0.3 is 5.97 Å². The monoisotopic (exact) mass is 371 g/mol. The number of hydrogen-bond acceptors (Lipinski definition) is 4. The van der Waals surface area contributed by atoms with Gasteiger partial charge in [0.25, 0.3) is 0 Å². The van der Waals surface area contributed by atoms with Gasteiger partial charge in [0.1, 0.15) is 6.04 Å². The van der Waals surface area contributed by atoms with Crippen LogP contribution in [0.1, 0.15) is 17.5 Å². The van der Waals surface area contributed by atoms with Crippen molar-refractivity contribution in [3.8, 4) is 0 Å². The van der Waals surface area contributed by atoms with Crippen molar-refractivity contribution in [1.29, 1.82) is 0 Å². The zero-order valence-electron chi connectivity index (χ0n) is 14.8. The molecule has 0 bridgehead atoms. The predicted octanol–water partition coefficient (Wildman–Crippen LogP) is 3.01. The van der Waals surface area contributed by atoms with Gasteiger partial charge in [0.15, 0.2) is 0 Å². The highest BCUT2D eigenvalue weighted by atomic mass is 32.2. The molecule has 0 amide bonds. The van der Waals surface area contributed by atoms with Crippen LogP contribution in [0.2, 0.25) is 0 Å². The van der Waals surface area contributed by atoms with Gasteiger partial charge in [-0.2, -0.15) is 4.31 Å². The van der Waals surface area contributed by atoms with Gasteiger partial charge in [0, 0.05) is 0 Å². The van der Waals surface area contributed by atoms with Gasteiger partial charge in [-0.05, 0) is 36.6 Å². The number of hydrogen-bond donors (Lipinski definition) is 0. The van der Waals surface area contributed by atoms with E-state index in [1.165, 1.54) is 11.4 Å². The molecule has 1 aliphatic heterocycles. The Morgan fingerprint density at radius 3 is 2.27 bits per heavy atom. The minimum absolute atomic E-state index is 0.155. The number of nitrogens with zero attached hydrogens (tertiary/aromatic N) is 1. The summed E-state index contributed by atoms with van der Waals surface area (Å²) in [4.78, 5) is 12.2. The molecule has 3 rings (SSSR count). The predicted molar refractivity (Wildman–Crippen MR) is 99.9 cm³/mol. The van der Waals surface area contributed by atoms with Crippen LogP contribution in [0.25, 0.3) is 5.57 Å². The minimum Gasteiger partial charge on any atom is -0.468 e. The van der Waals surface area contributed by atoms with Crippen LogP contribution in [-0.2, 0) is 19.6 Å². The third kappa shape index (κ3) is 3.18. The number of carbonyl (C=O) groups is 1. The van der Waals surface area contributed by atoms with Crippen LogP contribution in [0.5, 0.6) is 0 Å². The van der Waals surface area contributed by atoms with Crippen molar-refractivity contribution in [1.82, 2.24) is 4.31 Å². The number of benzene rings is 2. The Kier molecular flexibility index (Phi) is 4.98. The lowest BCUT2D eigenvalue weighted by Crippen LogP contribution is -2.62. The molecule has 1 fully saturated rings. The number of esters is 1. The van der Waals surface area contributed by atoms with E-state index in [1.54, 1.807) is 24.3 Å². The van der Waals surface area contributed by atoms with Crippen molar-refractivity contribution in [3.05, 3.63) is 72.3 Å². The molecule has 1 saturated heterocycles. The summed E-state index contributed by atoms with van der Waals surface area (Å²) < 4.78 is 32.4. The van der Waals surface area contributed by atoms with Gasteiger partial charge in [-0.25, -0.2) is 8.42 Å². The highest BCUT2D eigenvalue weighted by Gasteiger charge is 2.51. The number of carbonyl (C=O) groups excluding carboxylic acids is 1. The first-order valence-electron chi connectivity index (χ1n) is 8.28. The second kappa shape index (κ2) is 7.05. The Balaban J connectivity index is 1.98. The normalized spacial score (nSPS) is 20.2. The average Bonchev–Trinajstić information content (AvgIpc) is 2.61. The number of methoxy groups -OCH3 is 1. The fraction of sp³-hybridized carbons (Fsp3) is 0.250. The first-order valence-corrected chi connectivity index (χ1v) is 9.72. The summed E-state index contributed by atoms with van der Waals surface area (Å²) in [6.45, 7) is 5.97. The van der Waals surface area contributed by atoms with E-state index in [0.29, 0.717) is 12.0 Å². The van der Waals surface area contributed by atoms with Crippen molar-refractivity contribution < 1.29 is 17.9 Å². The van der Waals surface area contributed by atoms with E-state index in [9.17, 15) is 13.2 Å². The number of aryl methyl sites for hydroxylation is 1. The molecule has 0 N–H and O–H groups in total. The zero-order chi connectivity index (χ0) is 18.9. The third-order valence-electron chi connectivity index (χ3n) is 4.68. The standard InChI is InChI=1S/C20H21NO4S/c1-14-9-11-17(12-10-14)26(23,24)21-18(13-19(21)20(22)25-3)15(2)16-7-5-4-6-8-16/h4-12,18-19H,2,13H2,1,3H3/t18-,19+/m0/s1. The summed E-state index contributed by atoms with van der Waals surface area (Å²) in [5.74, 6) is -0.558. The summed E-state index contributed by atoms with van der Waals surface area (Å²) >= 11 is 0. The summed E-state index contributed by atoms with van der Waals surface area (Å²) in [6, 6.07) is 14.7. The van der Waals surface area contributed by atoms with Gasteiger partial charge in [-0.1, -0.05) is 54.6 Å². The third-order valence-corrected chi connectivity index (χ3v) is 6.61. The second-order valence-electron chi connectivity index (χ2n) is 6.33. The maximum Gasteiger partial charge on any atom is 0.324 e. The van der Waals surface area contributed by atoms with Gasteiger partial charge < -0.3 is 4.74 Å². The van der Waals surface area contributed by atoms with E-state index in [0.717, 1.165) is 11.1 Å². The highest BCUT2D eigenvalue weighted by Crippen LogP contribution is 2.40. The average molecular weight is 371 g/mol. The Labute approximate surface area is 154 Å². The van der Waals surface area contributed by atoms with Crippen molar-refractivity contribution in [3.63, 3.8) is 0 Å². The van der Waals surface area contributed by atoms with E-state index >= 15 is 0 Å². The molecule has 0 unspecified atom stereocenters. The first-order chi connectivity index (χ1) is 12.4. The lowest BCUT2D eigenvalue weighted by Gasteiger charge is -2.46. The molecule has 0 aliphatic carbocycles. The molecule has 0 saturated carbocycles. The molecular formula is C20H21NO4S. The molecule has 2 atom stereocenters. The van der Waals surface area contributed by atoms with Gasteiger partial charge in [-0.15, -0.1) is 0 Å².